The maximum Gasteiger partial charge on any atom is 1.04 e. The molecule has 0 aromatic carbocycles. The Kier molecular flexibility index (Phi) is 8.39. The van der Waals surface area contributed by atoms with Crippen LogP contribution in [-0.2, 0) is 0 Å². The molecule has 7 heteroatoms. The number of nitrogens with zero attached hydrogens (tertiary/aromatic N) is 1. The van der Waals surface area contributed by atoms with E-state index < -0.39 is 14.9 Å². The molecule has 17 heavy (non-hydrogen) atoms. The first-order valence-electron chi connectivity index (χ1n) is 6.15. The van der Waals surface area contributed by atoms with Gasteiger partial charge in [0.15, 0.2) is 0 Å². The Morgan fingerprint density at radius 3 is 2.12 bits per heavy atom. The minimum atomic E-state index is -6.83. The fourth-order valence-electron chi connectivity index (χ4n) is 2.11. The van der Waals surface area contributed by atoms with Crippen molar-refractivity contribution in [3.8, 4) is 0 Å². The van der Waals surface area contributed by atoms with Gasteiger partial charge in [0.1, 0.15) is 6.17 Å². The van der Waals surface area contributed by atoms with Gasteiger partial charge in [-0.25, -0.2) is 0 Å². The Balaban J connectivity index is 0.000000437. The van der Waals surface area contributed by atoms with Crippen LogP contribution in [0.2, 0.25) is 0 Å². The Hall–Kier alpha value is 0.172. The highest BCUT2D eigenvalue weighted by molar-refractivity contribution is 6.50. The third-order valence-corrected chi connectivity index (χ3v) is 3.04. The smallest absolute Gasteiger partial charge is 0.510 e. The van der Waals surface area contributed by atoms with Gasteiger partial charge in [-0.3, -0.25) is 4.90 Å². The molecule has 2 nitrogen and oxygen atoms in total. The lowest BCUT2D eigenvalue weighted by molar-refractivity contribution is -0.898. The normalized spacial score (nSPS) is 25.6. The van der Waals surface area contributed by atoms with Gasteiger partial charge in [0.2, 0.25) is 0 Å². The first-order valence-corrected chi connectivity index (χ1v) is 7.90. The molecule has 2 unspecified atom stereocenters. The average molecular weight is 274 g/mol. The van der Waals surface area contributed by atoms with Crippen molar-refractivity contribution in [3.05, 3.63) is 0 Å². The predicted octanol–water partition coefficient (Wildman–Crippen LogP) is 1.65. The molecule has 0 bridgehead atoms. The van der Waals surface area contributed by atoms with Gasteiger partial charge in [0.05, 0.1) is 20.1 Å². The van der Waals surface area contributed by atoms with Crippen molar-refractivity contribution in [1.82, 2.24) is 4.90 Å². The molecule has 1 aliphatic heterocycles. The van der Waals surface area contributed by atoms with E-state index in [0.29, 0.717) is 0 Å². The van der Waals surface area contributed by atoms with Gasteiger partial charge in [-0.1, -0.05) is 19.8 Å². The second-order valence-electron chi connectivity index (χ2n) is 4.58. The van der Waals surface area contributed by atoms with Crippen LogP contribution < -0.4 is 4.90 Å². The molecule has 1 rings (SSSR count). The first kappa shape index (κ1) is 17.2. The van der Waals surface area contributed by atoms with E-state index in [1.165, 1.54) is 38.8 Å². The van der Waals surface area contributed by atoms with E-state index in [9.17, 15) is 14.1 Å². The van der Waals surface area contributed by atoms with Crippen LogP contribution in [0.5, 0.6) is 0 Å². The molecule has 0 aromatic rings. The number of unbranched alkanes of at least 4 members (excludes halogenated alkanes) is 2. The van der Waals surface area contributed by atoms with Gasteiger partial charge in [0.25, 0.3) is 0 Å². The lowest BCUT2D eigenvalue weighted by Gasteiger charge is -2.21. The molecule has 2 atom stereocenters. The summed E-state index contributed by atoms with van der Waals surface area (Å²) in [5.41, 5.74) is 0. The molecule has 1 fully saturated rings. The Labute approximate surface area is 105 Å². The number of hydrogen-bond donors (Lipinski definition) is 1. The topological polar surface area (TPSA) is 7.68 Å². The molecule has 1 aliphatic rings. The van der Waals surface area contributed by atoms with E-state index in [-0.39, 0.29) is 0 Å². The van der Waals surface area contributed by atoms with E-state index in [0.717, 1.165) is 6.17 Å². The largest absolute Gasteiger partial charge is 1.04 e. The van der Waals surface area contributed by atoms with Crippen molar-refractivity contribution in [2.24, 2.45) is 0 Å². The van der Waals surface area contributed by atoms with Crippen molar-refractivity contribution in [2.45, 2.75) is 38.8 Å². The number of hydrogen-bond acceptors (Lipinski definition) is 1. The third kappa shape index (κ3) is 9.84. The van der Waals surface area contributed by atoms with E-state index in [2.05, 4.69) is 25.9 Å². The quantitative estimate of drug-likeness (QED) is 0.465. The summed E-state index contributed by atoms with van der Waals surface area (Å²) in [6, 6.07) is 0. The SMILES string of the molecule is CCCCCC1N(C)CC[NH+]1C.[F][Al-]([F])([F])[F]. The number of nitrogens with one attached hydrogen (secondary N) is 1. The number of rotatable bonds is 4. The van der Waals surface area contributed by atoms with Crippen molar-refractivity contribution in [3.63, 3.8) is 0 Å². The molecule has 0 radical (unpaired) electrons. The van der Waals surface area contributed by atoms with Crippen LogP contribution >= 0.6 is 0 Å². The fraction of sp³-hybridized carbons (Fsp3) is 1.00. The number of likely N-dealkylation sites (N-methyl/N-ethyl adjacent to an activating group) is 2. The molecule has 0 spiro atoms. The molecule has 0 amide bonds. The van der Waals surface area contributed by atoms with Crippen LogP contribution in [0.3, 0.4) is 0 Å². The summed E-state index contributed by atoms with van der Waals surface area (Å²) in [5, 5.41) is 0. The lowest BCUT2D eigenvalue weighted by Crippen LogP contribution is -3.11. The summed E-state index contributed by atoms with van der Waals surface area (Å²) < 4.78 is 39.4. The summed E-state index contributed by atoms with van der Waals surface area (Å²) in [7, 11) is 4.58. The molecule has 0 saturated carbocycles. The molecular formula is C10H23AlF4N2. The van der Waals surface area contributed by atoms with E-state index in [1.54, 1.807) is 4.90 Å². The Bertz CT molecular complexity index is 185. The van der Waals surface area contributed by atoms with Gasteiger partial charge in [-0.05, 0) is 13.5 Å². The molecule has 104 valence electrons. The zero-order chi connectivity index (χ0) is 13.5. The van der Waals surface area contributed by atoms with Crippen molar-refractivity contribution < 1.29 is 19.0 Å². The van der Waals surface area contributed by atoms with Gasteiger partial charge in [-0.15, -0.1) is 0 Å². The highest BCUT2D eigenvalue weighted by Gasteiger charge is 2.41. The van der Waals surface area contributed by atoms with Gasteiger partial charge in [-0.2, -0.15) is 0 Å². The molecule has 0 aromatic heterocycles. The van der Waals surface area contributed by atoms with Gasteiger partial charge >= 0.3 is 14.9 Å². The number of quaternary nitrogens is 1. The second-order valence-corrected chi connectivity index (χ2v) is 5.57. The van der Waals surface area contributed by atoms with E-state index >= 15 is 0 Å². The monoisotopic (exact) mass is 274 g/mol. The van der Waals surface area contributed by atoms with E-state index in [4.69, 9.17) is 0 Å². The number of halogens is 4. The van der Waals surface area contributed by atoms with Crippen LogP contribution in [0, 0.1) is 0 Å². The zero-order valence-corrected chi connectivity index (χ0v) is 12.0. The Morgan fingerprint density at radius 2 is 1.76 bits per heavy atom. The van der Waals surface area contributed by atoms with Crippen LogP contribution in [0.15, 0.2) is 0 Å². The van der Waals surface area contributed by atoms with Crippen molar-refractivity contribution >= 4 is 14.9 Å². The predicted molar refractivity (Wildman–Crippen MR) is 62.5 cm³/mol. The van der Waals surface area contributed by atoms with E-state index in [1.807, 2.05) is 0 Å². The van der Waals surface area contributed by atoms with Crippen LogP contribution in [0.4, 0.5) is 14.1 Å². The maximum absolute atomic E-state index is 9.85. The molecule has 0 aliphatic carbocycles. The first-order chi connectivity index (χ1) is 7.75. The van der Waals surface area contributed by atoms with Crippen molar-refractivity contribution in [1.29, 1.82) is 0 Å². The summed E-state index contributed by atoms with van der Waals surface area (Å²) in [5.74, 6) is 0. The average Bonchev–Trinajstić information content (AvgIpc) is 2.46. The Morgan fingerprint density at radius 1 is 1.24 bits per heavy atom. The highest BCUT2D eigenvalue weighted by atomic mass is 27.5. The second kappa shape index (κ2) is 8.31. The van der Waals surface area contributed by atoms with Crippen LogP contribution in [0.25, 0.3) is 0 Å². The summed E-state index contributed by atoms with van der Waals surface area (Å²) in [6.45, 7) is 4.88. The minimum Gasteiger partial charge on any atom is -0.510 e. The van der Waals surface area contributed by atoms with Crippen LogP contribution in [0.1, 0.15) is 32.6 Å². The van der Waals surface area contributed by atoms with Gasteiger partial charge in [0, 0.05) is 6.42 Å². The fourth-order valence-corrected chi connectivity index (χ4v) is 2.11. The zero-order valence-electron chi connectivity index (χ0n) is 10.9. The highest BCUT2D eigenvalue weighted by Crippen LogP contribution is 2.07. The van der Waals surface area contributed by atoms with Gasteiger partial charge < -0.3 is 19.0 Å². The standard InChI is InChI=1S/C10H22N2.Al.4FH/c1-4-5-6-7-10-11(2)8-9-12(10)3;;;;;/h10H,4-9H2,1-3H3;;4*1H/q;+3;;;;/p-3. The summed E-state index contributed by atoms with van der Waals surface area (Å²) in [4.78, 5) is 4.21. The lowest BCUT2D eigenvalue weighted by atomic mass is 10.1. The molecular weight excluding hydrogens is 251 g/mol. The molecule has 1 N–H and O–H groups in total. The summed E-state index contributed by atoms with van der Waals surface area (Å²) >= 11 is -6.83. The van der Waals surface area contributed by atoms with Crippen molar-refractivity contribution in [2.75, 3.05) is 27.2 Å². The molecule has 1 saturated heterocycles. The summed E-state index contributed by atoms with van der Waals surface area (Å²) in [6.07, 6.45) is 6.34. The third-order valence-electron chi connectivity index (χ3n) is 3.04. The maximum atomic E-state index is 9.85. The van der Waals surface area contributed by atoms with Crippen LogP contribution in [-0.4, -0.2) is 53.2 Å². The minimum absolute atomic E-state index is 0.802. The molecule has 1 heterocycles.